The fraction of sp³-hybridized carbons (Fsp3) is 0.250. The molecule has 0 bridgehead atoms. The molecule has 92 valence electrons. The predicted octanol–water partition coefficient (Wildman–Crippen LogP) is 2.95. The third kappa shape index (κ3) is 1.65. The third-order valence-corrected chi connectivity index (χ3v) is 3.99. The number of thiophene rings is 1. The molecule has 3 heterocycles. The normalized spacial score (nSPS) is 11.0. The number of nitrogens with zero attached hydrogens (tertiary/aromatic N) is 3. The summed E-state index contributed by atoms with van der Waals surface area (Å²) in [6.45, 7) is 2.14. The molecule has 0 saturated heterocycles. The lowest BCUT2D eigenvalue weighted by Crippen LogP contribution is -1.93. The van der Waals surface area contributed by atoms with E-state index >= 15 is 0 Å². The van der Waals surface area contributed by atoms with Crippen LogP contribution in [0.25, 0.3) is 21.7 Å². The van der Waals surface area contributed by atoms with Crippen LogP contribution in [0.5, 0.6) is 0 Å². The largest absolute Gasteiger partial charge is 0.372 e. The standard InChI is InChI=1S/C12H12N4OS/c1-3-7-4-5-8(18-7)10-9-11(13-2)14-6-15-12(9)17-16-10/h4-6H,3H2,1-2H3,(H,13,14,15). The van der Waals surface area contributed by atoms with E-state index in [1.165, 1.54) is 11.2 Å². The van der Waals surface area contributed by atoms with Crippen molar-refractivity contribution in [3.63, 3.8) is 0 Å². The smallest absolute Gasteiger partial charge is 0.263 e. The number of nitrogens with one attached hydrogen (secondary N) is 1. The van der Waals surface area contributed by atoms with Gasteiger partial charge in [0.05, 0.1) is 4.88 Å². The molecule has 1 N–H and O–H groups in total. The molecule has 0 atom stereocenters. The van der Waals surface area contributed by atoms with Gasteiger partial charge >= 0.3 is 0 Å². The topological polar surface area (TPSA) is 63.8 Å². The Morgan fingerprint density at radius 3 is 2.94 bits per heavy atom. The van der Waals surface area contributed by atoms with Crippen molar-refractivity contribution in [1.82, 2.24) is 15.1 Å². The Hall–Kier alpha value is -1.95. The second kappa shape index (κ2) is 4.38. The quantitative estimate of drug-likeness (QED) is 0.784. The molecular formula is C12H12N4OS. The fourth-order valence-corrected chi connectivity index (χ4v) is 2.77. The van der Waals surface area contributed by atoms with Gasteiger partial charge < -0.3 is 9.84 Å². The molecule has 6 heteroatoms. The minimum Gasteiger partial charge on any atom is -0.372 e. The van der Waals surface area contributed by atoms with Crippen LogP contribution in [0.15, 0.2) is 23.0 Å². The van der Waals surface area contributed by atoms with E-state index in [-0.39, 0.29) is 0 Å². The highest BCUT2D eigenvalue weighted by Crippen LogP contribution is 2.35. The number of hydrogen-bond acceptors (Lipinski definition) is 6. The molecule has 0 unspecified atom stereocenters. The van der Waals surface area contributed by atoms with E-state index < -0.39 is 0 Å². The first-order valence-electron chi connectivity index (χ1n) is 5.70. The van der Waals surface area contributed by atoms with Crippen molar-refractivity contribution in [2.75, 3.05) is 12.4 Å². The Morgan fingerprint density at radius 1 is 1.33 bits per heavy atom. The highest BCUT2D eigenvalue weighted by molar-refractivity contribution is 7.15. The van der Waals surface area contributed by atoms with Crippen molar-refractivity contribution in [2.45, 2.75) is 13.3 Å². The summed E-state index contributed by atoms with van der Waals surface area (Å²) in [5.74, 6) is 0.739. The molecule has 0 amide bonds. The van der Waals surface area contributed by atoms with E-state index in [0.717, 1.165) is 28.2 Å². The van der Waals surface area contributed by atoms with Crippen LogP contribution >= 0.6 is 11.3 Å². The summed E-state index contributed by atoms with van der Waals surface area (Å²) >= 11 is 1.72. The van der Waals surface area contributed by atoms with Crippen molar-refractivity contribution >= 4 is 28.3 Å². The maximum absolute atomic E-state index is 5.25. The van der Waals surface area contributed by atoms with Crippen LogP contribution in [-0.4, -0.2) is 22.2 Å². The van der Waals surface area contributed by atoms with E-state index in [2.05, 4.69) is 39.5 Å². The Bertz CT molecular complexity index is 688. The summed E-state index contributed by atoms with van der Waals surface area (Å²) in [7, 11) is 1.82. The molecule has 5 nitrogen and oxygen atoms in total. The van der Waals surface area contributed by atoms with Gasteiger partial charge in [0.2, 0.25) is 0 Å². The zero-order valence-corrected chi connectivity index (χ0v) is 10.9. The SMILES string of the molecule is CCc1ccc(-c2noc3ncnc(NC)c23)s1. The van der Waals surface area contributed by atoms with Gasteiger partial charge in [-0.15, -0.1) is 11.3 Å². The Morgan fingerprint density at radius 2 is 2.22 bits per heavy atom. The Labute approximate surface area is 108 Å². The summed E-state index contributed by atoms with van der Waals surface area (Å²) in [5.41, 5.74) is 1.32. The van der Waals surface area contributed by atoms with Crippen molar-refractivity contribution in [2.24, 2.45) is 0 Å². The Balaban J connectivity index is 2.22. The van der Waals surface area contributed by atoms with Gasteiger partial charge in [0.15, 0.2) is 0 Å². The fourth-order valence-electron chi connectivity index (χ4n) is 1.84. The lowest BCUT2D eigenvalue weighted by molar-refractivity contribution is 0.451. The average molecular weight is 260 g/mol. The van der Waals surface area contributed by atoms with Gasteiger partial charge in [-0.25, -0.2) is 4.98 Å². The van der Waals surface area contributed by atoms with Crippen LogP contribution < -0.4 is 5.32 Å². The van der Waals surface area contributed by atoms with Crippen LogP contribution in [0.3, 0.4) is 0 Å². The number of hydrogen-bond donors (Lipinski definition) is 1. The second-order valence-corrected chi connectivity index (χ2v) is 4.97. The first-order valence-corrected chi connectivity index (χ1v) is 6.52. The summed E-state index contributed by atoms with van der Waals surface area (Å²) in [5, 5.41) is 7.99. The molecular weight excluding hydrogens is 248 g/mol. The molecule has 18 heavy (non-hydrogen) atoms. The van der Waals surface area contributed by atoms with Gasteiger partial charge in [-0.2, -0.15) is 4.98 Å². The molecule has 0 aliphatic carbocycles. The minimum atomic E-state index is 0.510. The van der Waals surface area contributed by atoms with E-state index in [4.69, 9.17) is 4.52 Å². The summed E-state index contributed by atoms with van der Waals surface area (Å²) in [6.07, 6.45) is 2.49. The van der Waals surface area contributed by atoms with Crippen molar-refractivity contribution < 1.29 is 4.52 Å². The Kier molecular flexibility index (Phi) is 2.71. The van der Waals surface area contributed by atoms with Gasteiger partial charge in [-0.1, -0.05) is 12.1 Å². The number of rotatable bonds is 3. The molecule has 3 rings (SSSR count). The molecule has 3 aromatic rings. The summed E-state index contributed by atoms with van der Waals surface area (Å²) in [6, 6.07) is 4.18. The molecule has 0 aliphatic heterocycles. The number of anilines is 1. The highest BCUT2D eigenvalue weighted by atomic mass is 32.1. The molecule has 0 radical (unpaired) electrons. The maximum Gasteiger partial charge on any atom is 0.263 e. The van der Waals surface area contributed by atoms with E-state index in [1.807, 2.05) is 7.05 Å². The zero-order chi connectivity index (χ0) is 12.5. The molecule has 0 aliphatic rings. The molecule has 0 saturated carbocycles. The summed E-state index contributed by atoms with van der Waals surface area (Å²) < 4.78 is 5.25. The van der Waals surface area contributed by atoms with Gasteiger partial charge in [0, 0.05) is 11.9 Å². The lowest BCUT2D eigenvalue weighted by Gasteiger charge is -1.99. The summed E-state index contributed by atoms with van der Waals surface area (Å²) in [4.78, 5) is 10.7. The molecule has 0 aromatic carbocycles. The first-order chi connectivity index (χ1) is 8.83. The van der Waals surface area contributed by atoms with Gasteiger partial charge in [0.25, 0.3) is 5.71 Å². The maximum atomic E-state index is 5.25. The zero-order valence-electron chi connectivity index (χ0n) is 10.1. The predicted molar refractivity (Wildman–Crippen MR) is 71.8 cm³/mol. The number of aromatic nitrogens is 3. The minimum absolute atomic E-state index is 0.510. The second-order valence-electron chi connectivity index (χ2n) is 3.80. The average Bonchev–Trinajstić information content (AvgIpc) is 3.03. The molecule has 0 spiro atoms. The van der Waals surface area contributed by atoms with Crippen molar-refractivity contribution in [1.29, 1.82) is 0 Å². The van der Waals surface area contributed by atoms with Crippen LogP contribution in [0.1, 0.15) is 11.8 Å². The lowest BCUT2D eigenvalue weighted by atomic mass is 10.2. The van der Waals surface area contributed by atoms with Gasteiger partial charge in [-0.3, -0.25) is 0 Å². The molecule has 3 aromatic heterocycles. The van der Waals surface area contributed by atoms with E-state index in [1.54, 1.807) is 11.3 Å². The van der Waals surface area contributed by atoms with Crippen LogP contribution in [0, 0.1) is 0 Å². The van der Waals surface area contributed by atoms with Crippen molar-refractivity contribution in [3.05, 3.63) is 23.3 Å². The van der Waals surface area contributed by atoms with E-state index in [9.17, 15) is 0 Å². The van der Waals surface area contributed by atoms with Crippen LogP contribution in [0.2, 0.25) is 0 Å². The third-order valence-electron chi connectivity index (χ3n) is 2.75. The van der Waals surface area contributed by atoms with Gasteiger partial charge in [0.1, 0.15) is 23.2 Å². The number of aryl methyl sites for hydroxylation is 1. The molecule has 0 fully saturated rings. The van der Waals surface area contributed by atoms with Crippen molar-refractivity contribution in [3.8, 4) is 10.6 Å². The van der Waals surface area contributed by atoms with Gasteiger partial charge in [-0.05, 0) is 18.6 Å². The first kappa shape index (κ1) is 11.2. The van der Waals surface area contributed by atoms with Crippen LogP contribution in [-0.2, 0) is 6.42 Å². The monoisotopic (exact) mass is 260 g/mol. The van der Waals surface area contributed by atoms with Crippen LogP contribution in [0.4, 0.5) is 5.82 Å². The number of fused-ring (bicyclic) bond motifs is 1. The van der Waals surface area contributed by atoms with E-state index in [0.29, 0.717) is 5.71 Å². The highest BCUT2D eigenvalue weighted by Gasteiger charge is 2.17.